The quantitative estimate of drug-likeness (QED) is 0.615. The maximum atomic E-state index is 12.7. The number of ether oxygens (including phenoxy) is 2. The molecule has 2 aromatic carbocycles. The predicted molar refractivity (Wildman–Crippen MR) is 96.7 cm³/mol. The third kappa shape index (κ3) is 4.45. The number of rotatable bonds is 5. The van der Waals surface area contributed by atoms with E-state index in [-0.39, 0.29) is 29.3 Å². The number of benzene rings is 2. The highest BCUT2D eigenvalue weighted by Gasteiger charge is 2.30. The van der Waals surface area contributed by atoms with Crippen LogP contribution in [0.15, 0.2) is 52.1 Å². The smallest absolute Gasteiger partial charge is 0.416 e. The summed E-state index contributed by atoms with van der Waals surface area (Å²) in [5.41, 5.74) is -0.160. The van der Waals surface area contributed by atoms with Crippen molar-refractivity contribution in [2.24, 2.45) is 0 Å². The van der Waals surface area contributed by atoms with E-state index in [1.165, 1.54) is 12.1 Å². The minimum atomic E-state index is -4.48. The van der Waals surface area contributed by atoms with Gasteiger partial charge in [0.25, 0.3) is 5.22 Å². The van der Waals surface area contributed by atoms with Gasteiger partial charge in [-0.25, -0.2) is 0 Å². The van der Waals surface area contributed by atoms with E-state index in [1.807, 2.05) is 0 Å². The third-order valence-corrected chi connectivity index (χ3v) is 4.64. The molecular weight excluding hydrogens is 411 g/mol. The number of nitrogens with zero attached hydrogens (tertiary/aromatic N) is 2. The molecule has 3 aromatic rings. The van der Waals surface area contributed by atoms with E-state index in [2.05, 4.69) is 15.5 Å². The predicted octanol–water partition coefficient (Wildman–Crippen LogP) is 4.21. The monoisotopic (exact) mass is 423 g/mol. The Balaban J connectivity index is 1.36. The number of nitrogens with one attached hydrogen (secondary N) is 1. The van der Waals surface area contributed by atoms with Gasteiger partial charge >= 0.3 is 6.18 Å². The Bertz CT molecular complexity index is 1050. The van der Waals surface area contributed by atoms with E-state index in [4.69, 9.17) is 13.9 Å². The zero-order chi connectivity index (χ0) is 20.4. The van der Waals surface area contributed by atoms with Crippen molar-refractivity contribution in [2.45, 2.75) is 11.4 Å². The number of amides is 1. The first kappa shape index (κ1) is 19.1. The molecule has 11 heteroatoms. The molecule has 1 amide bonds. The summed E-state index contributed by atoms with van der Waals surface area (Å²) < 4.78 is 54.2. The van der Waals surface area contributed by atoms with Gasteiger partial charge in [-0.3, -0.25) is 4.79 Å². The molecule has 1 aliphatic heterocycles. The van der Waals surface area contributed by atoms with Crippen LogP contribution in [0.25, 0.3) is 11.5 Å². The van der Waals surface area contributed by atoms with Crippen molar-refractivity contribution in [3.05, 3.63) is 48.0 Å². The Kier molecular flexibility index (Phi) is 5.05. The Hall–Kier alpha value is -3.21. The van der Waals surface area contributed by atoms with Gasteiger partial charge < -0.3 is 19.2 Å². The second-order valence-corrected chi connectivity index (χ2v) is 6.78. The van der Waals surface area contributed by atoms with Crippen LogP contribution >= 0.6 is 11.8 Å². The number of carbonyl (C=O) groups is 1. The number of thioether (sulfide) groups is 1. The Labute approximate surface area is 166 Å². The van der Waals surface area contributed by atoms with Crippen LogP contribution in [-0.4, -0.2) is 28.7 Å². The van der Waals surface area contributed by atoms with E-state index >= 15 is 0 Å². The first-order valence-electron chi connectivity index (χ1n) is 8.22. The molecule has 0 spiro atoms. The van der Waals surface area contributed by atoms with Gasteiger partial charge in [-0.05, 0) is 36.4 Å². The fourth-order valence-electron chi connectivity index (χ4n) is 2.51. The topological polar surface area (TPSA) is 86.5 Å². The first-order valence-corrected chi connectivity index (χ1v) is 9.20. The fourth-order valence-corrected chi connectivity index (χ4v) is 3.08. The standard InChI is InChI=1S/C18H12F3N3O4S/c19-18(20,21)11-2-1-3-12(7-11)22-15(25)8-29-17-24-23-16(28-17)10-4-5-13-14(6-10)27-9-26-13/h1-7H,8-9H2,(H,22,25). The van der Waals surface area contributed by atoms with Crippen molar-refractivity contribution in [1.29, 1.82) is 0 Å². The molecule has 0 unspecified atom stereocenters. The minimum Gasteiger partial charge on any atom is -0.454 e. The molecule has 0 saturated heterocycles. The number of hydrogen-bond donors (Lipinski definition) is 1. The van der Waals surface area contributed by atoms with E-state index < -0.39 is 17.6 Å². The zero-order valence-corrected chi connectivity index (χ0v) is 15.3. The molecule has 0 saturated carbocycles. The third-order valence-electron chi connectivity index (χ3n) is 3.83. The molecule has 1 N–H and O–H groups in total. The number of anilines is 1. The Morgan fingerprint density at radius 2 is 1.93 bits per heavy atom. The fraction of sp³-hybridized carbons (Fsp3) is 0.167. The average Bonchev–Trinajstić information content (AvgIpc) is 3.34. The number of alkyl halides is 3. The van der Waals surface area contributed by atoms with E-state index in [0.717, 1.165) is 23.9 Å². The number of aromatic nitrogens is 2. The van der Waals surface area contributed by atoms with Gasteiger partial charge in [0.2, 0.25) is 18.6 Å². The summed E-state index contributed by atoms with van der Waals surface area (Å²) in [6.07, 6.45) is -4.48. The lowest BCUT2D eigenvalue weighted by molar-refractivity contribution is -0.137. The summed E-state index contributed by atoms with van der Waals surface area (Å²) in [6.45, 7) is 0.144. The lowest BCUT2D eigenvalue weighted by atomic mass is 10.2. The summed E-state index contributed by atoms with van der Waals surface area (Å²) in [6, 6.07) is 9.55. The van der Waals surface area contributed by atoms with Crippen LogP contribution in [-0.2, 0) is 11.0 Å². The van der Waals surface area contributed by atoms with Crippen LogP contribution in [0.3, 0.4) is 0 Å². The maximum absolute atomic E-state index is 12.7. The van der Waals surface area contributed by atoms with Crippen LogP contribution in [0.1, 0.15) is 5.56 Å². The van der Waals surface area contributed by atoms with Gasteiger partial charge in [0, 0.05) is 11.3 Å². The van der Waals surface area contributed by atoms with Crippen molar-refractivity contribution >= 4 is 23.4 Å². The molecule has 2 heterocycles. The number of halogens is 3. The van der Waals surface area contributed by atoms with Crippen LogP contribution in [0.5, 0.6) is 11.5 Å². The van der Waals surface area contributed by atoms with E-state index in [0.29, 0.717) is 17.1 Å². The van der Waals surface area contributed by atoms with Crippen molar-refractivity contribution in [3.8, 4) is 23.0 Å². The molecule has 150 valence electrons. The number of hydrogen-bond acceptors (Lipinski definition) is 7. The number of carbonyl (C=O) groups excluding carboxylic acids is 1. The van der Waals surface area contributed by atoms with Gasteiger partial charge in [0.15, 0.2) is 11.5 Å². The highest BCUT2D eigenvalue weighted by Crippen LogP contribution is 2.36. The maximum Gasteiger partial charge on any atom is 0.416 e. The summed E-state index contributed by atoms with van der Waals surface area (Å²) in [7, 11) is 0. The second-order valence-electron chi connectivity index (χ2n) is 5.86. The molecule has 0 radical (unpaired) electrons. The van der Waals surface area contributed by atoms with Gasteiger partial charge in [-0.15, -0.1) is 10.2 Å². The molecule has 1 aliphatic rings. The normalized spacial score (nSPS) is 12.8. The largest absolute Gasteiger partial charge is 0.454 e. The Morgan fingerprint density at radius 3 is 2.76 bits per heavy atom. The van der Waals surface area contributed by atoms with Crippen molar-refractivity contribution in [2.75, 3.05) is 17.9 Å². The van der Waals surface area contributed by atoms with E-state index in [1.54, 1.807) is 18.2 Å². The SMILES string of the molecule is O=C(CSc1nnc(-c2ccc3c(c2)OCO3)o1)Nc1cccc(C(F)(F)F)c1. The summed E-state index contributed by atoms with van der Waals surface area (Å²) in [4.78, 5) is 12.0. The average molecular weight is 423 g/mol. The Morgan fingerprint density at radius 1 is 1.10 bits per heavy atom. The summed E-state index contributed by atoms with van der Waals surface area (Å²) in [5, 5.41) is 10.3. The molecule has 0 fully saturated rings. The molecule has 0 aliphatic carbocycles. The molecule has 4 rings (SSSR count). The van der Waals surface area contributed by atoms with Crippen molar-refractivity contribution < 1.29 is 31.9 Å². The molecule has 7 nitrogen and oxygen atoms in total. The van der Waals surface area contributed by atoms with Crippen LogP contribution in [0, 0.1) is 0 Å². The highest BCUT2D eigenvalue weighted by atomic mass is 32.2. The summed E-state index contributed by atoms with van der Waals surface area (Å²) >= 11 is 0.968. The van der Waals surface area contributed by atoms with Gasteiger partial charge in [-0.1, -0.05) is 17.8 Å². The van der Waals surface area contributed by atoms with Gasteiger partial charge in [0.05, 0.1) is 11.3 Å². The van der Waals surface area contributed by atoms with Crippen molar-refractivity contribution in [3.63, 3.8) is 0 Å². The lowest BCUT2D eigenvalue weighted by Gasteiger charge is -2.09. The molecule has 0 bridgehead atoms. The second kappa shape index (κ2) is 7.66. The zero-order valence-electron chi connectivity index (χ0n) is 14.5. The highest BCUT2D eigenvalue weighted by molar-refractivity contribution is 7.99. The van der Waals surface area contributed by atoms with Crippen LogP contribution in [0.2, 0.25) is 0 Å². The van der Waals surface area contributed by atoms with Crippen molar-refractivity contribution in [1.82, 2.24) is 10.2 Å². The van der Waals surface area contributed by atoms with Crippen LogP contribution < -0.4 is 14.8 Å². The number of fused-ring (bicyclic) bond motifs is 1. The van der Waals surface area contributed by atoms with E-state index in [9.17, 15) is 18.0 Å². The minimum absolute atomic E-state index is 0.0528. The molecule has 1 aromatic heterocycles. The first-order chi connectivity index (χ1) is 13.9. The van der Waals surface area contributed by atoms with Gasteiger partial charge in [0.1, 0.15) is 0 Å². The molecule has 0 atom stereocenters. The lowest BCUT2D eigenvalue weighted by Crippen LogP contribution is -2.15. The summed E-state index contributed by atoms with van der Waals surface area (Å²) in [5.74, 6) is 0.810. The van der Waals surface area contributed by atoms with Gasteiger partial charge in [-0.2, -0.15) is 13.2 Å². The molecule has 29 heavy (non-hydrogen) atoms. The van der Waals surface area contributed by atoms with Crippen LogP contribution in [0.4, 0.5) is 18.9 Å². The molecular formula is C18H12F3N3O4S.